The third-order valence-corrected chi connectivity index (χ3v) is 4.58. The highest BCUT2D eigenvalue weighted by atomic mass is 16.5. The van der Waals surface area contributed by atoms with Crippen LogP contribution in [0.4, 0.5) is 5.69 Å². The van der Waals surface area contributed by atoms with E-state index in [-0.39, 0.29) is 19.1 Å². The van der Waals surface area contributed by atoms with Crippen LogP contribution < -0.4 is 24.3 Å². The molecule has 0 saturated carbocycles. The lowest BCUT2D eigenvalue weighted by Crippen LogP contribution is -2.30. The molecule has 0 aliphatic carbocycles. The van der Waals surface area contributed by atoms with Crippen molar-refractivity contribution < 1.29 is 28.3 Å². The fourth-order valence-corrected chi connectivity index (χ4v) is 3.09. The van der Waals surface area contributed by atoms with E-state index in [9.17, 15) is 4.79 Å². The van der Waals surface area contributed by atoms with E-state index in [0.29, 0.717) is 54.4 Å². The van der Waals surface area contributed by atoms with Crippen LogP contribution in [0.25, 0.3) is 0 Å². The lowest BCUT2D eigenvalue weighted by atomic mass is 10.2. The van der Waals surface area contributed by atoms with Crippen LogP contribution in [-0.2, 0) is 17.9 Å². The highest BCUT2D eigenvalue weighted by Gasteiger charge is 2.14. The number of rotatable bonds is 13. The maximum Gasteiger partial charge on any atom is 0.240 e. The van der Waals surface area contributed by atoms with E-state index in [1.807, 2.05) is 26.0 Å². The highest BCUT2D eigenvalue weighted by molar-refractivity contribution is 5.92. The Morgan fingerprint density at radius 3 is 2.41 bits per heavy atom. The monoisotopic (exact) mass is 470 g/mol. The van der Waals surface area contributed by atoms with Gasteiger partial charge in [-0.1, -0.05) is 5.16 Å². The number of carbonyl (C=O) groups excluding carboxylic acids is 1. The van der Waals surface area contributed by atoms with Crippen molar-refractivity contribution >= 4 is 11.6 Å². The van der Waals surface area contributed by atoms with Gasteiger partial charge in [0.15, 0.2) is 18.1 Å². The largest absolute Gasteiger partial charge is 0.497 e. The Labute approximate surface area is 198 Å². The van der Waals surface area contributed by atoms with E-state index in [1.54, 1.807) is 49.4 Å². The van der Waals surface area contributed by atoms with Crippen molar-refractivity contribution in [3.8, 4) is 23.0 Å². The molecule has 1 heterocycles. The number of anilines is 1. The third kappa shape index (κ3) is 7.38. The summed E-state index contributed by atoms with van der Waals surface area (Å²) in [7, 11) is 3.40. The second-order valence-electron chi connectivity index (χ2n) is 7.32. The van der Waals surface area contributed by atoms with Gasteiger partial charge in [0.1, 0.15) is 11.5 Å². The summed E-state index contributed by atoms with van der Waals surface area (Å²) < 4.78 is 27.2. The molecule has 182 valence electrons. The molecule has 2 aromatic carbocycles. The molecule has 0 saturated heterocycles. The van der Waals surface area contributed by atoms with Crippen LogP contribution in [-0.4, -0.2) is 54.9 Å². The molecule has 10 nitrogen and oxygen atoms in total. The lowest BCUT2D eigenvalue weighted by molar-refractivity contribution is -0.117. The van der Waals surface area contributed by atoms with Gasteiger partial charge in [0.2, 0.25) is 17.6 Å². The Balaban J connectivity index is 1.47. The maximum absolute atomic E-state index is 12.5. The number of carbonyl (C=O) groups is 1. The fraction of sp³-hybridized carbons (Fsp3) is 0.375. The Hall–Kier alpha value is -3.79. The molecule has 0 aliphatic rings. The quantitative estimate of drug-likeness (QED) is 0.401. The molecule has 0 aliphatic heterocycles. The molecule has 0 spiro atoms. The van der Waals surface area contributed by atoms with Gasteiger partial charge in [-0.25, -0.2) is 0 Å². The third-order valence-electron chi connectivity index (χ3n) is 4.58. The van der Waals surface area contributed by atoms with Crippen molar-refractivity contribution in [3.63, 3.8) is 0 Å². The summed E-state index contributed by atoms with van der Waals surface area (Å²) in [5.74, 6) is 3.27. The minimum absolute atomic E-state index is 0.136. The lowest BCUT2D eigenvalue weighted by Gasteiger charge is -2.15. The van der Waals surface area contributed by atoms with Crippen molar-refractivity contribution in [2.24, 2.45) is 0 Å². The predicted molar refractivity (Wildman–Crippen MR) is 125 cm³/mol. The molecule has 0 radical (unpaired) electrons. The normalized spacial score (nSPS) is 10.7. The zero-order valence-corrected chi connectivity index (χ0v) is 19.9. The summed E-state index contributed by atoms with van der Waals surface area (Å²) >= 11 is 0. The van der Waals surface area contributed by atoms with Crippen molar-refractivity contribution in [3.05, 3.63) is 54.2 Å². The molecule has 0 unspecified atom stereocenters. The summed E-state index contributed by atoms with van der Waals surface area (Å²) in [5, 5.41) is 6.79. The molecule has 34 heavy (non-hydrogen) atoms. The second kappa shape index (κ2) is 12.4. The van der Waals surface area contributed by atoms with Crippen LogP contribution >= 0.6 is 0 Å². The molecule has 0 atom stereocenters. The number of amides is 1. The summed E-state index contributed by atoms with van der Waals surface area (Å²) in [6.07, 6.45) is 0. The molecule has 3 rings (SSSR count). The van der Waals surface area contributed by atoms with Crippen LogP contribution in [0, 0.1) is 0 Å². The van der Waals surface area contributed by atoms with Crippen LogP contribution in [0.2, 0.25) is 0 Å². The number of aromatic nitrogens is 2. The first-order valence-corrected chi connectivity index (χ1v) is 11.0. The van der Waals surface area contributed by atoms with Crippen LogP contribution in [0.5, 0.6) is 23.0 Å². The molecule has 1 N–H and O–H groups in total. The smallest absolute Gasteiger partial charge is 0.240 e. The van der Waals surface area contributed by atoms with Crippen LogP contribution in [0.15, 0.2) is 47.0 Å². The van der Waals surface area contributed by atoms with E-state index >= 15 is 0 Å². The minimum atomic E-state index is -0.184. The van der Waals surface area contributed by atoms with Crippen molar-refractivity contribution in [1.82, 2.24) is 15.0 Å². The molecule has 10 heteroatoms. The number of ether oxygens (including phenoxy) is 4. The molecule has 0 fully saturated rings. The molecule has 3 aromatic rings. The maximum atomic E-state index is 12.5. The van der Waals surface area contributed by atoms with Crippen molar-refractivity contribution in [2.75, 3.05) is 39.2 Å². The number of methoxy groups -OCH3 is 1. The molecule has 1 aromatic heterocycles. The first-order chi connectivity index (χ1) is 16.5. The van der Waals surface area contributed by atoms with Gasteiger partial charge in [0.05, 0.1) is 33.4 Å². The zero-order valence-electron chi connectivity index (χ0n) is 19.9. The van der Waals surface area contributed by atoms with E-state index in [0.717, 1.165) is 5.75 Å². The molecular weight excluding hydrogens is 440 g/mol. The summed E-state index contributed by atoms with van der Waals surface area (Å²) in [6, 6.07) is 12.5. The SMILES string of the molecule is CCOc1ccc(NC(=O)CN(C)Cc2nc(COc3ccc(OC)cc3)no2)cc1OCC. The van der Waals surface area contributed by atoms with Crippen molar-refractivity contribution in [2.45, 2.75) is 27.0 Å². The van der Waals surface area contributed by atoms with Gasteiger partial charge >= 0.3 is 0 Å². The average Bonchev–Trinajstić information content (AvgIpc) is 3.27. The number of hydrogen-bond donors (Lipinski definition) is 1. The highest BCUT2D eigenvalue weighted by Crippen LogP contribution is 2.30. The van der Waals surface area contributed by atoms with Gasteiger partial charge in [-0.3, -0.25) is 9.69 Å². The summed E-state index contributed by atoms with van der Waals surface area (Å²) in [5.41, 5.74) is 0.626. The number of benzene rings is 2. The predicted octanol–water partition coefficient (Wildman–Crippen LogP) is 3.53. The number of hydrogen-bond acceptors (Lipinski definition) is 9. The van der Waals surface area contributed by atoms with E-state index < -0.39 is 0 Å². The molecular formula is C24H30N4O6. The first-order valence-electron chi connectivity index (χ1n) is 11.0. The van der Waals surface area contributed by atoms with E-state index in [2.05, 4.69) is 15.5 Å². The van der Waals surface area contributed by atoms with Gasteiger partial charge in [0.25, 0.3) is 0 Å². The van der Waals surface area contributed by atoms with Crippen molar-refractivity contribution in [1.29, 1.82) is 0 Å². The number of nitrogens with zero attached hydrogens (tertiary/aromatic N) is 3. The Kier molecular flexibility index (Phi) is 9.10. The van der Waals surface area contributed by atoms with E-state index in [4.69, 9.17) is 23.5 Å². The van der Waals surface area contributed by atoms with Gasteiger partial charge in [-0.2, -0.15) is 4.98 Å². The Morgan fingerprint density at radius 2 is 1.71 bits per heavy atom. The van der Waals surface area contributed by atoms with Gasteiger partial charge in [0, 0.05) is 11.8 Å². The zero-order chi connectivity index (χ0) is 24.3. The molecule has 0 bridgehead atoms. The topological polar surface area (TPSA) is 108 Å². The van der Waals surface area contributed by atoms with Gasteiger partial charge in [-0.05, 0) is 57.3 Å². The number of likely N-dealkylation sites (N-methyl/N-ethyl adjacent to an activating group) is 1. The summed E-state index contributed by atoms with van der Waals surface area (Å²) in [6.45, 7) is 5.44. The van der Waals surface area contributed by atoms with Crippen LogP contribution in [0.3, 0.4) is 0 Å². The van der Waals surface area contributed by atoms with Gasteiger partial charge < -0.3 is 28.8 Å². The molecule has 1 amide bonds. The number of nitrogens with one attached hydrogen (secondary N) is 1. The van der Waals surface area contributed by atoms with Gasteiger partial charge in [-0.15, -0.1) is 0 Å². The standard InChI is InChI=1S/C24H30N4O6/c1-5-31-20-12-7-17(13-21(20)32-6-2)25-23(29)14-28(3)15-24-26-22(27-34-24)16-33-19-10-8-18(30-4)9-11-19/h7-13H,5-6,14-16H2,1-4H3,(H,25,29). The van der Waals surface area contributed by atoms with Crippen LogP contribution in [0.1, 0.15) is 25.6 Å². The summed E-state index contributed by atoms with van der Waals surface area (Å²) in [4.78, 5) is 18.6. The minimum Gasteiger partial charge on any atom is -0.497 e. The second-order valence-corrected chi connectivity index (χ2v) is 7.32. The van der Waals surface area contributed by atoms with E-state index in [1.165, 1.54) is 0 Å². The fourth-order valence-electron chi connectivity index (χ4n) is 3.09. The first kappa shape index (κ1) is 24.8. The Bertz CT molecular complexity index is 1050. The average molecular weight is 471 g/mol. The Morgan fingerprint density at radius 1 is 1.00 bits per heavy atom.